The van der Waals surface area contributed by atoms with E-state index in [1.165, 1.54) is 0 Å². The van der Waals surface area contributed by atoms with Crippen LogP contribution in [-0.2, 0) is 4.79 Å². The predicted octanol–water partition coefficient (Wildman–Crippen LogP) is 1.84. The third-order valence-corrected chi connectivity index (χ3v) is 3.53. The molecule has 1 fully saturated rings. The van der Waals surface area contributed by atoms with Crippen LogP contribution < -0.4 is 0 Å². The van der Waals surface area contributed by atoms with Crippen molar-refractivity contribution in [3.8, 4) is 0 Å². The molecule has 0 radical (unpaired) electrons. The van der Waals surface area contributed by atoms with Crippen molar-refractivity contribution in [3.05, 3.63) is 0 Å². The quantitative estimate of drug-likeness (QED) is 0.721. The van der Waals surface area contributed by atoms with Crippen molar-refractivity contribution in [1.29, 1.82) is 0 Å². The van der Waals surface area contributed by atoms with E-state index in [0.29, 0.717) is 17.7 Å². The number of nitrogens with zero attached hydrogens (tertiary/aromatic N) is 1. The van der Waals surface area contributed by atoms with Crippen LogP contribution in [0.25, 0.3) is 0 Å². The van der Waals surface area contributed by atoms with Crippen LogP contribution in [0.5, 0.6) is 0 Å². The average molecular weight is 227 g/mol. The molecule has 0 heterocycles. The summed E-state index contributed by atoms with van der Waals surface area (Å²) in [6.45, 7) is 6.54. The molecule has 0 aliphatic heterocycles. The van der Waals surface area contributed by atoms with E-state index in [4.69, 9.17) is 5.11 Å². The van der Waals surface area contributed by atoms with Crippen LogP contribution >= 0.6 is 0 Å². The molecule has 1 unspecified atom stereocenters. The van der Waals surface area contributed by atoms with Gasteiger partial charge in [0.1, 0.15) is 5.78 Å². The summed E-state index contributed by atoms with van der Waals surface area (Å²) in [6, 6.07) is 0.503. The smallest absolute Gasteiger partial charge is 0.136 e. The van der Waals surface area contributed by atoms with Crippen molar-refractivity contribution in [1.82, 2.24) is 4.90 Å². The molecule has 3 nitrogen and oxygen atoms in total. The first-order chi connectivity index (χ1) is 7.65. The summed E-state index contributed by atoms with van der Waals surface area (Å²) in [5, 5.41) is 8.84. The summed E-state index contributed by atoms with van der Waals surface area (Å²) in [6.07, 6.45) is 4.80. The molecule has 0 aromatic heterocycles. The van der Waals surface area contributed by atoms with Crippen LogP contribution in [0.4, 0.5) is 0 Å². The van der Waals surface area contributed by atoms with Gasteiger partial charge in [0.15, 0.2) is 0 Å². The van der Waals surface area contributed by atoms with E-state index in [9.17, 15) is 4.79 Å². The summed E-state index contributed by atoms with van der Waals surface area (Å²) < 4.78 is 0. The van der Waals surface area contributed by atoms with E-state index < -0.39 is 0 Å². The molecule has 94 valence electrons. The molecule has 0 saturated heterocycles. The maximum absolute atomic E-state index is 11.5. The molecule has 1 aliphatic carbocycles. The van der Waals surface area contributed by atoms with Crippen molar-refractivity contribution >= 4 is 5.78 Å². The van der Waals surface area contributed by atoms with E-state index in [1.54, 1.807) is 0 Å². The first-order valence-electron chi connectivity index (χ1n) is 6.52. The second-order valence-corrected chi connectivity index (χ2v) is 5.05. The number of rotatable bonds is 7. The molecule has 1 N–H and O–H groups in total. The van der Waals surface area contributed by atoms with Crippen LogP contribution in [0.2, 0.25) is 0 Å². The first kappa shape index (κ1) is 13.7. The molecule has 16 heavy (non-hydrogen) atoms. The third kappa shape index (κ3) is 4.22. The molecule has 0 spiro atoms. The van der Waals surface area contributed by atoms with Crippen LogP contribution in [-0.4, -0.2) is 41.5 Å². The highest BCUT2D eigenvalue weighted by molar-refractivity contribution is 5.82. The Morgan fingerprint density at radius 2 is 2.19 bits per heavy atom. The number of Topliss-reactive ketones (excluding diaryl/α,β-unsaturated/α-hetero) is 1. The van der Waals surface area contributed by atoms with Gasteiger partial charge in [-0.1, -0.05) is 0 Å². The standard InChI is InChI=1S/C13H25NO2/c1-11(2)14(8-4-10-15)9-7-12-5-3-6-13(12)16/h11-12,15H,3-10H2,1-2H3. The molecule has 0 bridgehead atoms. The van der Waals surface area contributed by atoms with Gasteiger partial charge in [0, 0.05) is 31.5 Å². The molecule has 1 rings (SSSR count). The molecular weight excluding hydrogens is 202 g/mol. The van der Waals surface area contributed by atoms with Gasteiger partial charge in [0.2, 0.25) is 0 Å². The second-order valence-electron chi connectivity index (χ2n) is 5.05. The number of aliphatic hydroxyl groups excluding tert-OH is 1. The fraction of sp³-hybridized carbons (Fsp3) is 0.923. The van der Waals surface area contributed by atoms with Crippen molar-refractivity contribution < 1.29 is 9.90 Å². The monoisotopic (exact) mass is 227 g/mol. The Hall–Kier alpha value is -0.410. The minimum Gasteiger partial charge on any atom is -0.396 e. The number of ketones is 1. The maximum Gasteiger partial charge on any atom is 0.136 e. The van der Waals surface area contributed by atoms with Gasteiger partial charge in [0.25, 0.3) is 0 Å². The molecule has 3 heteroatoms. The SMILES string of the molecule is CC(C)N(CCCO)CCC1CCCC1=O. The van der Waals surface area contributed by atoms with E-state index in [0.717, 1.165) is 45.2 Å². The minimum atomic E-state index is 0.256. The Morgan fingerprint density at radius 1 is 1.44 bits per heavy atom. The van der Waals surface area contributed by atoms with Gasteiger partial charge in [-0.3, -0.25) is 4.79 Å². The maximum atomic E-state index is 11.5. The highest BCUT2D eigenvalue weighted by Gasteiger charge is 2.24. The molecule has 0 aromatic carbocycles. The van der Waals surface area contributed by atoms with Crippen LogP contribution in [0, 0.1) is 5.92 Å². The zero-order valence-electron chi connectivity index (χ0n) is 10.6. The number of carbonyl (C=O) groups is 1. The molecule has 0 amide bonds. The molecule has 1 saturated carbocycles. The highest BCUT2D eigenvalue weighted by atomic mass is 16.3. The lowest BCUT2D eigenvalue weighted by Crippen LogP contribution is -2.34. The second kappa shape index (κ2) is 7.02. The first-order valence-corrected chi connectivity index (χ1v) is 6.52. The fourth-order valence-corrected chi connectivity index (χ4v) is 2.42. The Morgan fingerprint density at radius 3 is 2.69 bits per heavy atom. The number of carbonyl (C=O) groups excluding carboxylic acids is 1. The van der Waals surface area contributed by atoms with E-state index in [-0.39, 0.29) is 6.61 Å². The molecule has 0 aromatic rings. The number of hydrogen-bond donors (Lipinski definition) is 1. The van der Waals surface area contributed by atoms with E-state index in [2.05, 4.69) is 18.7 Å². The van der Waals surface area contributed by atoms with Gasteiger partial charge >= 0.3 is 0 Å². The van der Waals surface area contributed by atoms with Crippen molar-refractivity contribution in [2.45, 2.75) is 52.0 Å². The van der Waals surface area contributed by atoms with E-state index >= 15 is 0 Å². The lowest BCUT2D eigenvalue weighted by Gasteiger charge is -2.27. The fourth-order valence-electron chi connectivity index (χ4n) is 2.42. The summed E-state index contributed by atoms with van der Waals surface area (Å²) in [5.74, 6) is 0.779. The summed E-state index contributed by atoms with van der Waals surface area (Å²) in [5.41, 5.74) is 0. The van der Waals surface area contributed by atoms with Crippen LogP contribution in [0.1, 0.15) is 46.0 Å². The van der Waals surface area contributed by atoms with Gasteiger partial charge in [-0.05, 0) is 46.1 Å². The van der Waals surface area contributed by atoms with Gasteiger partial charge in [-0.25, -0.2) is 0 Å². The number of aliphatic hydroxyl groups is 1. The summed E-state index contributed by atoms with van der Waals surface area (Å²) >= 11 is 0. The summed E-state index contributed by atoms with van der Waals surface area (Å²) in [4.78, 5) is 13.9. The van der Waals surface area contributed by atoms with Gasteiger partial charge in [-0.2, -0.15) is 0 Å². The predicted molar refractivity (Wildman–Crippen MR) is 65.4 cm³/mol. The third-order valence-electron chi connectivity index (χ3n) is 3.53. The zero-order valence-corrected chi connectivity index (χ0v) is 10.6. The lowest BCUT2D eigenvalue weighted by atomic mass is 10.0. The molecular formula is C13H25NO2. The lowest BCUT2D eigenvalue weighted by molar-refractivity contribution is -0.120. The van der Waals surface area contributed by atoms with Gasteiger partial charge < -0.3 is 10.0 Å². The van der Waals surface area contributed by atoms with Gasteiger partial charge in [0.05, 0.1) is 0 Å². The van der Waals surface area contributed by atoms with Gasteiger partial charge in [-0.15, -0.1) is 0 Å². The Kier molecular flexibility index (Phi) is 5.99. The Balaban J connectivity index is 2.28. The average Bonchev–Trinajstić information content (AvgIpc) is 2.64. The topological polar surface area (TPSA) is 40.5 Å². The highest BCUT2D eigenvalue weighted by Crippen LogP contribution is 2.24. The largest absolute Gasteiger partial charge is 0.396 e. The normalized spacial score (nSPS) is 21.3. The van der Waals surface area contributed by atoms with Crippen molar-refractivity contribution in [2.24, 2.45) is 5.92 Å². The van der Waals surface area contributed by atoms with Crippen molar-refractivity contribution in [3.63, 3.8) is 0 Å². The minimum absolute atomic E-state index is 0.256. The van der Waals surface area contributed by atoms with Crippen LogP contribution in [0.3, 0.4) is 0 Å². The van der Waals surface area contributed by atoms with Crippen LogP contribution in [0.15, 0.2) is 0 Å². The summed E-state index contributed by atoms with van der Waals surface area (Å²) in [7, 11) is 0. The Bertz CT molecular complexity index is 216. The van der Waals surface area contributed by atoms with E-state index in [1.807, 2.05) is 0 Å². The number of hydrogen-bond acceptors (Lipinski definition) is 3. The Labute approximate surface area is 98.8 Å². The molecule has 1 aliphatic rings. The molecule has 1 atom stereocenters. The van der Waals surface area contributed by atoms with Crippen molar-refractivity contribution in [2.75, 3.05) is 19.7 Å². The zero-order chi connectivity index (χ0) is 12.0.